The third kappa shape index (κ3) is 4.78. The molecular formula is C15H24N2O2S. The number of aryl methyl sites for hydroxylation is 1. The van der Waals surface area contributed by atoms with E-state index in [1.807, 2.05) is 5.38 Å². The molecule has 1 fully saturated rings. The topological polar surface area (TPSA) is 62.2 Å². The van der Waals surface area contributed by atoms with Crippen LogP contribution in [0.5, 0.6) is 0 Å². The first-order valence-corrected chi connectivity index (χ1v) is 8.45. The molecule has 0 saturated heterocycles. The second-order valence-electron chi connectivity index (χ2n) is 5.71. The Bertz CT molecular complexity index is 425. The molecule has 0 spiro atoms. The summed E-state index contributed by atoms with van der Waals surface area (Å²) < 4.78 is 0. The maximum Gasteiger partial charge on any atom is 0.303 e. The Hall–Kier alpha value is -1.10. The van der Waals surface area contributed by atoms with E-state index in [9.17, 15) is 4.79 Å². The van der Waals surface area contributed by atoms with Gasteiger partial charge in [-0.15, -0.1) is 11.3 Å². The molecule has 5 heteroatoms. The van der Waals surface area contributed by atoms with Crippen molar-refractivity contribution in [2.45, 2.75) is 51.9 Å². The molecule has 0 aliphatic heterocycles. The SMILES string of the molecule is CCC1CCC(CNc2nc(CCC(=O)O)cs2)CC1. The largest absolute Gasteiger partial charge is 0.481 e. The molecule has 0 atom stereocenters. The van der Waals surface area contributed by atoms with Crippen LogP contribution in [0.4, 0.5) is 5.13 Å². The van der Waals surface area contributed by atoms with E-state index in [1.165, 1.54) is 32.1 Å². The van der Waals surface area contributed by atoms with E-state index in [0.29, 0.717) is 6.42 Å². The van der Waals surface area contributed by atoms with Crippen LogP contribution in [0.1, 0.15) is 51.1 Å². The summed E-state index contributed by atoms with van der Waals surface area (Å²) in [7, 11) is 0. The molecule has 1 aliphatic rings. The zero-order valence-corrected chi connectivity index (χ0v) is 12.9. The van der Waals surface area contributed by atoms with Crippen LogP contribution >= 0.6 is 11.3 Å². The maximum absolute atomic E-state index is 10.5. The fourth-order valence-corrected chi connectivity index (χ4v) is 3.57. The monoisotopic (exact) mass is 296 g/mol. The van der Waals surface area contributed by atoms with Crippen LogP contribution in [0.3, 0.4) is 0 Å². The highest BCUT2D eigenvalue weighted by molar-refractivity contribution is 7.13. The molecule has 1 heterocycles. The number of anilines is 1. The van der Waals surface area contributed by atoms with Gasteiger partial charge in [0, 0.05) is 18.3 Å². The predicted molar refractivity (Wildman–Crippen MR) is 82.3 cm³/mol. The number of rotatable bonds is 7. The van der Waals surface area contributed by atoms with Crippen molar-refractivity contribution >= 4 is 22.4 Å². The van der Waals surface area contributed by atoms with Crippen molar-refractivity contribution in [1.82, 2.24) is 4.98 Å². The van der Waals surface area contributed by atoms with Crippen LogP contribution in [0.15, 0.2) is 5.38 Å². The van der Waals surface area contributed by atoms with Gasteiger partial charge in [-0.1, -0.05) is 26.2 Å². The molecule has 0 bridgehead atoms. The first kappa shape index (κ1) is 15.3. The van der Waals surface area contributed by atoms with E-state index >= 15 is 0 Å². The third-order valence-corrected chi connectivity index (χ3v) is 5.08. The number of hydrogen-bond acceptors (Lipinski definition) is 4. The Kier molecular flexibility index (Phi) is 5.83. The molecule has 2 N–H and O–H groups in total. The van der Waals surface area contributed by atoms with Crippen molar-refractivity contribution in [1.29, 1.82) is 0 Å². The minimum absolute atomic E-state index is 0.157. The lowest BCUT2D eigenvalue weighted by molar-refractivity contribution is -0.136. The summed E-state index contributed by atoms with van der Waals surface area (Å²) in [6.07, 6.45) is 7.37. The summed E-state index contributed by atoms with van der Waals surface area (Å²) in [5.74, 6) is 0.943. The van der Waals surface area contributed by atoms with Crippen LogP contribution in [-0.4, -0.2) is 22.6 Å². The van der Waals surface area contributed by atoms with Crippen LogP contribution in [0.25, 0.3) is 0 Å². The number of carboxylic acids is 1. The normalized spacial score (nSPS) is 22.6. The fraction of sp³-hybridized carbons (Fsp3) is 0.733. The van der Waals surface area contributed by atoms with Gasteiger partial charge >= 0.3 is 5.97 Å². The van der Waals surface area contributed by atoms with Crippen molar-refractivity contribution in [2.75, 3.05) is 11.9 Å². The van der Waals surface area contributed by atoms with Gasteiger partial charge in [-0.3, -0.25) is 4.79 Å². The summed E-state index contributed by atoms with van der Waals surface area (Å²) >= 11 is 1.58. The van der Waals surface area contributed by atoms with Gasteiger partial charge in [0.2, 0.25) is 0 Å². The highest BCUT2D eigenvalue weighted by Crippen LogP contribution is 2.30. The zero-order valence-electron chi connectivity index (χ0n) is 12.1. The molecule has 20 heavy (non-hydrogen) atoms. The quantitative estimate of drug-likeness (QED) is 0.803. The predicted octanol–water partition coefficient (Wildman–Crippen LogP) is 3.79. The molecule has 1 aromatic heterocycles. The zero-order chi connectivity index (χ0) is 14.4. The number of carboxylic acid groups (broad SMARTS) is 1. The lowest BCUT2D eigenvalue weighted by Crippen LogP contribution is -2.20. The van der Waals surface area contributed by atoms with Crippen LogP contribution in [-0.2, 0) is 11.2 Å². The molecule has 0 aromatic carbocycles. The maximum atomic E-state index is 10.5. The molecule has 0 unspecified atom stereocenters. The fourth-order valence-electron chi connectivity index (χ4n) is 2.81. The Morgan fingerprint density at radius 1 is 1.40 bits per heavy atom. The molecular weight excluding hydrogens is 272 g/mol. The molecule has 0 amide bonds. The molecule has 112 valence electrons. The Balaban J connectivity index is 1.70. The summed E-state index contributed by atoms with van der Waals surface area (Å²) in [5.41, 5.74) is 0.884. The van der Waals surface area contributed by atoms with Gasteiger partial charge in [0.25, 0.3) is 0 Å². The Morgan fingerprint density at radius 2 is 2.10 bits per heavy atom. The molecule has 1 aliphatic carbocycles. The summed E-state index contributed by atoms with van der Waals surface area (Å²) in [6, 6.07) is 0. The number of hydrogen-bond donors (Lipinski definition) is 2. The van der Waals surface area contributed by atoms with Crippen LogP contribution in [0.2, 0.25) is 0 Å². The summed E-state index contributed by atoms with van der Waals surface area (Å²) in [4.78, 5) is 15.0. The number of thiazole rings is 1. The van der Waals surface area contributed by atoms with Gasteiger partial charge in [-0.05, 0) is 24.7 Å². The van der Waals surface area contributed by atoms with Gasteiger partial charge < -0.3 is 10.4 Å². The first-order chi connectivity index (χ1) is 9.67. The number of nitrogens with zero attached hydrogens (tertiary/aromatic N) is 1. The number of nitrogens with one attached hydrogen (secondary N) is 1. The summed E-state index contributed by atoms with van der Waals surface area (Å²) in [5, 5.41) is 15.0. The van der Waals surface area contributed by atoms with E-state index in [2.05, 4.69) is 17.2 Å². The summed E-state index contributed by atoms with van der Waals surface area (Å²) in [6.45, 7) is 3.29. The molecule has 4 nitrogen and oxygen atoms in total. The van der Waals surface area contributed by atoms with E-state index in [4.69, 9.17) is 5.11 Å². The average Bonchev–Trinajstić information content (AvgIpc) is 2.91. The van der Waals surface area contributed by atoms with Crippen molar-refractivity contribution in [3.63, 3.8) is 0 Å². The highest BCUT2D eigenvalue weighted by Gasteiger charge is 2.19. The number of carbonyl (C=O) groups is 1. The minimum atomic E-state index is -0.764. The van der Waals surface area contributed by atoms with E-state index in [1.54, 1.807) is 11.3 Å². The second kappa shape index (κ2) is 7.62. The standard InChI is InChI=1S/C15H24N2O2S/c1-2-11-3-5-12(6-4-11)9-16-15-17-13(10-20-15)7-8-14(18)19/h10-12H,2-9H2,1H3,(H,16,17)(H,18,19). The van der Waals surface area contributed by atoms with Crippen molar-refractivity contribution < 1.29 is 9.90 Å². The number of aliphatic carboxylic acids is 1. The van der Waals surface area contributed by atoms with Gasteiger partial charge in [-0.2, -0.15) is 0 Å². The molecule has 0 radical (unpaired) electrons. The first-order valence-electron chi connectivity index (χ1n) is 7.57. The van der Waals surface area contributed by atoms with Crippen molar-refractivity contribution in [2.24, 2.45) is 11.8 Å². The lowest BCUT2D eigenvalue weighted by atomic mass is 9.81. The van der Waals surface area contributed by atoms with Gasteiger partial charge in [0.1, 0.15) is 0 Å². The highest BCUT2D eigenvalue weighted by atomic mass is 32.1. The van der Waals surface area contributed by atoms with E-state index in [-0.39, 0.29) is 6.42 Å². The molecule has 1 aromatic rings. The van der Waals surface area contributed by atoms with Crippen LogP contribution < -0.4 is 5.32 Å². The van der Waals surface area contributed by atoms with E-state index in [0.717, 1.165) is 29.2 Å². The molecule has 1 saturated carbocycles. The van der Waals surface area contributed by atoms with Gasteiger partial charge in [0.15, 0.2) is 5.13 Å². The number of aromatic nitrogens is 1. The molecule has 2 rings (SSSR count). The van der Waals surface area contributed by atoms with Crippen molar-refractivity contribution in [3.8, 4) is 0 Å². The third-order valence-electron chi connectivity index (χ3n) is 4.23. The Labute approximate surface area is 124 Å². The van der Waals surface area contributed by atoms with Gasteiger partial charge in [-0.25, -0.2) is 4.98 Å². The second-order valence-corrected chi connectivity index (χ2v) is 6.57. The van der Waals surface area contributed by atoms with Crippen molar-refractivity contribution in [3.05, 3.63) is 11.1 Å². The van der Waals surface area contributed by atoms with E-state index < -0.39 is 5.97 Å². The van der Waals surface area contributed by atoms with Gasteiger partial charge in [0.05, 0.1) is 12.1 Å². The van der Waals surface area contributed by atoms with Crippen LogP contribution in [0, 0.1) is 11.8 Å². The average molecular weight is 296 g/mol. The Morgan fingerprint density at radius 3 is 2.75 bits per heavy atom. The minimum Gasteiger partial charge on any atom is -0.481 e. The lowest BCUT2D eigenvalue weighted by Gasteiger charge is -2.27. The smallest absolute Gasteiger partial charge is 0.303 e.